The monoisotopic (exact) mass is 457 g/mol. The van der Waals surface area contributed by atoms with Crippen LogP contribution in [0.5, 0.6) is 0 Å². The zero-order valence-electron chi connectivity index (χ0n) is 17.0. The van der Waals surface area contributed by atoms with Gasteiger partial charge in [0.25, 0.3) is 0 Å². The molecule has 1 aliphatic carbocycles. The van der Waals surface area contributed by atoms with E-state index in [9.17, 15) is 10.1 Å². The molecule has 0 fully saturated rings. The van der Waals surface area contributed by atoms with Crippen LogP contribution in [0.15, 0.2) is 22.7 Å². The second-order valence-corrected chi connectivity index (χ2v) is 10.8. The van der Waals surface area contributed by atoms with Crippen molar-refractivity contribution in [1.29, 1.82) is 5.26 Å². The smallest absolute Gasteiger partial charge is 0.238 e. The number of hydrogen-bond acceptors (Lipinski definition) is 7. The first-order valence-corrected chi connectivity index (χ1v) is 12.6. The molecule has 1 aliphatic rings. The molecule has 0 aromatic carbocycles. The first kappa shape index (κ1) is 21.1. The highest BCUT2D eigenvalue weighted by Gasteiger charge is 2.24. The van der Waals surface area contributed by atoms with Crippen molar-refractivity contribution >= 4 is 45.3 Å². The number of carbonyl (C=O) groups is 1. The lowest BCUT2D eigenvalue weighted by molar-refractivity contribution is -0.115. The molecule has 0 saturated heterocycles. The molecule has 1 amide bonds. The van der Waals surface area contributed by atoms with Crippen molar-refractivity contribution in [3.8, 4) is 6.07 Å². The molecular weight excluding hydrogens is 434 g/mol. The van der Waals surface area contributed by atoms with Gasteiger partial charge in [-0.1, -0.05) is 24.2 Å². The van der Waals surface area contributed by atoms with Gasteiger partial charge < -0.3 is 9.88 Å². The maximum absolute atomic E-state index is 12.8. The lowest BCUT2D eigenvalue weighted by Crippen LogP contribution is -2.22. The zero-order valence-corrected chi connectivity index (χ0v) is 19.4. The Morgan fingerprint density at radius 3 is 2.97 bits per heavy atom. The number of nitrogens with zero attached hydrogens (tertiary/aromatic N) is 4. The molecule has 0 spiro atoms. The Morgan fingerprint density at radius 2 is 2.20 bits per heavy atom. The fourth-order valence-electron chi connectivity index (χ4n) is 3.54. The van der Waals surface area contributed by atoms with Crippen LogP contribution in [0.1, 0.15) is 52.9 Å². The molecule has 0 saturated carbocycles. The van der Waals surface area contributed by atoms with Gasteiger partial charge in [0.1, 0.15) is 16.9 Å². The third-order valence-electron chi connectivity index (χ3n) is 5.26. The number of hydrogen-bond donors (Lipinski definition) is 1. The van der Waals surface area contributed by atoms with Gasteiger partial charge in [-0.15, -0.1) is 32.9 Å². The minimum atomic E-state index is -0.351. The lowest BCUT2D eigenvalue weighted by Gasteiger charge is -2.11. The van der Waals surface area contributed by atoms with Gasteiger partial charge >= 0.3 is 0 Å². The van der Waals surface area contributed by atoms with Gasteiger partial charge in [0.05, 0.1) is 10.8 Å². The second kappa shape index (κ2) is 9.33. The van der Waals surface area contributed by atoms with Crippen LogP contribution < -0.4 is 5.32 Å². The Hall–Kier alpha value is -2.15. The molecule has 0 radical (unpaired) electrons. The van der Waals surface area contributed by atoms with Gasteiger partial charge in [-0.2, -0.15) is 5.26 Å². The summed E-state index contributed by atoms with van der Waals surface area (Å²) in [6.45, 7) is 1.86. The largest absolute Gasteiger partial charge is 0.316 e. The number of fused-ring (bicyclic) bond motifs is 1. The van der Waals surface area contributed by atoms with E-state index in [2.05, 4.69) is 27.6 Å². The Bertz CT molecular complexity index is 1080. The first-order valence-electron chi connectivity index (χ1n) is 9.99. The molecule has 156 valence electrons. The van der Waals surface area contributed by atoms with E-state index < -0.39 is 0 Å². The fourth-order valence-corrected chi connectivity index (χ4v) is 6.32. The predicted octanol–water partition coefficient (Wildman–Crippen LogP) is 4.79. The second-order valence-electron chi connectivity index (χ2n) is 7.34. The highest BCUT2D eigenvalue weighted by atomic mass is 32.2. The maximum atomic E-state index is 12.8. The molecule has 1 atom stereocenters. The summed E-state index contributed by atoms with van der Waals surface area (Å²) in [5, 5.41) is 24.3. The standard InChI is InChI=1S/C21H23N5OS3/c1-13(29-21-25-24-18(26(21)2)11-14-7-6-10-28-14)19(27)23-20-16(12-22)15-8-4-3-5-9-17(15)30-20/h6-7,10,13H,3-5,8-9,11H2,1-2H3,(H,23,27). The summed E-state index contributed by atoms with van der Waals surface area (Å²) >= 11 is 4.65. The van der Waals surface area contributed by atoms with Gasteiger partial charge in [0.15, 0.2) is 5.16 Å². The van der Waals surface area contributed by atoms with Crippen molar-refractivity contribution in [3.05, 3.63) is 44.2 Å². The molecule has 30 heavy (non-hydrogen) atoms. The van der Waals surface area contributed by atoms with Gasteiger partial charge in [0, 0.05) is 23.2 Å². The van der Waals surface area contributed by atoms with Gasteiger partial charge in [-0.3, -0.25) is 4.79 Å². The van der Waals surface area contributed by atoms with Crippen LogP contribution in [-0.4, -0.2) is 25.9 Å². The Balaban J connectivity index is 1.44. The summed E-state index contributed by atoms with van der Waals surface area (Å²) in [5.41, 5.74) is 1.79. The third-order valence-corrected chi connectivity index (χ3v) is 8.48. The Kier molecular flexibility index (Phi) is 6.56. The molecule has 0 bridgehead atoms. The normalized spacial score (nSPS) is 14.6. The van der Waals surface area contributed by atoms with Crippen LogP contribution in [0.4, 0.5) is 5.00 Å². The quantitative estimate of drug-likeness (QED) is 0.425. The summed E-state index contributed by atoms with van der Waals surface area (Å²) < 4.78 is 1.95. The number of thioether (sulfide) groups is 1. The molecule has 6 nitrogen and oxygen atoms in total. The molecule has 1 N–H and O–H groups in total. The van der Waals surface area contributed by atoms with Crippen LogP contribution in [0.25, 0.3) is 0 Å². The fraction of sp³-hybridized carbons (Fsp3) is 0.429. The van der Waals surface area contributed by atoms with Crippen molar-refractivity contribution < 1.29 is 4.79 Å². The Morgan fingerprint density at radius 1 is 1.37 bits per heavy atom. The van der Waals surface area contributed by atoms with Crippen molar-refractivity contribution in [2.24, 2.45) is 7.05 Å². The molecule has 0 aliphatic heterocycles. The van der Waals surface area contributed by atoms with Crippen molar-refractivity contribution in [3.63, 3.8) is 0 Å². The Labute approximate surface area is 188 Å². The highest BCUT2D eigenvalue weighted by molar-refractivity contribution is 8.00. The predicted molar refractivity (Wildman–Crippen MR) is 122 cm³/mol. The number of rotatable bonds is 6. The van der Waals surface area contributed by atoms with Crippen molar-refractivity contribution in [1.82, 2.24) is 14.8 Å². The minimum Gasteiger partial charge on any atom is -0.316 e. The third kappa shape index (κ3) is 4.46. The SMILES string of the molecule is CC(Sc1nnc(Cc2cccs2)n1C)C(=O)Nc1sc2c(c1C#N)CCCCC2. The number of thiophene rings is 2. The summed E-state index contributed by atoms with van der Waals surface area (Å²) in [6.07, 6.45) is 6.13. The molecule has 4 rings (SSSR count). The van der Waals surface area contributed by atoms with E-state index in [0.29, 0.717) is 15.7 Å². The van der Waals surface area contributed by atoms with Crippen molar-refractivity contribution in [2.45, 2.75) is 55.9 Å². The van der Waals surface area contributed by atoms with E-state index in [0.717, 1.165) is 43.5 Å². The van der Waals surface area contributed by atoms with Crippen molar-refractivity contribution in [2.75, 3.05) is 5.32 Å². The van der Waals surface area contributed by atoms with E-state index in [4.69, 9.17) is 0 Å². The van der Waals surface area contributed by atoms with Crippen LogP contribution in [0.2, 0.25) is 0 Å². The highest BCUT2D eigenvalue weighted by Crippen LogP contribution is 2.37. The van der Waals surface area contributed by atoms with E-state index in [1.807, 2.05) is 30.0 Å². The summed E-state index contributed by atoms with van der Waals surface area (Å²) in [5.74, 6) is 0.761. The van der Waals surface area contributed by atoms with E-state index in [1.54, 1.807) is 22.7 Å². The van der Waals surface area contributed by atoms with Gasteiger partial charge in [0.2, 0.25) is 5.91 Å². The number of aryl methyl sites for hydroxylation is 1. The minimum absolute atomic E-state index is 0.115. The van der Waals surface area contributed by atoms with E-state index in [1.165, 1.54) is 27.9 Å². The summed E-state index contributed by atoms with van der Waals surface area (Å²) in [4.78, 5) is 15.3. The average Bonchev–Trinajstić information content (AvgIpc) is 3.40. The molecule has 1 unspecified atom stereocenters. The number of amides is 1. The van der Waals surface area contributed by atoms with Crippen LogP contribution >= 0.6 is 34.4 Å². The number of nitriles is 1. The summed E-state index contributed by atoms with van der Waals surface area (Å²) in [7, 11) is 1.93. The van der Waals surface area contributed by atoms with E-state index >= 15 is 0 Å². The molecule has 9 heteroatoms. The van der Waals surface area contributed by atoms with Crippen LogP contribution in [0.3, 0.4) is 0 Å². The topological polar surface area (TPSA) is 83.6 Å². The molecular formula is C21H23N5OS3. The molecule has 3 aromatic rings. The molecule has 3 aromatic heterocycles. The van der Waals surface area contributed by atoms with E-state index in [-0.39, 0.29) is 11.2 Å². The van der Waals surface area contributed by atoms with Crippen LogP contribution in [0, 0.1) is 11.3 Å². The number of anilines is 1. The number of nitrogens with one attached hydrogen (secondary N) is 1. The molecule has 3 heterocycles. The van der Waals surface area contributed by atoms with Crippen LogP contribution in [-0.2, 0) is 31.1 Å². The summed E-state index contributed by atoms with van der Waals surface area (Å²) in [6, 6.07) is 6.43. The van der Waals surface area contributed by atoms with Gasteiger partial charge in [-0.05, 0) is 49.6 Å². The van der Waals surface area contributed by atoms with Gasteiger partial charge in [-0.25, -0.2) is 0 Å². The lowest BCUT2D eigenvalue weighted by atomic mass is 10.1. The average molecular weight is 458 g/mol. The number of carbonyl (C=O) groups excluding carboxylic acids is 1. The maximum Gasteiger partial charge on any atom is 0.238 e. The first-order chi connectivity index (χ1) is 14.6. The number of aromatic nitrogens is 3. The zero-order chi connectivity index (χ0) is 21.1.